The topological polar surface area (TPSA) is 113 Å². The minimum absolute atomic E-state index is 0.260. The summed E-state index contributed by atoms with van der Waals surface area (Å²) in [7, 11) is 0. The van der Waals surface area contributed by atoms with Gasteiger partial charge in [-0.05, 0) is 24.3 Å². The number of carbonyl (C=O) groups excluding carboxylic acids is 2. The molecule has 0 bridgehead atoms. The molecule has 20 heavy (non-hydrogen) atoms. The Morgan fingerprint density at radius 3 is 2.80 bits per heavy atom. The van der Waals surface area contributed by atoms with Crippen LogP contribution in [0.25, 0.3) is 0 Å². The molecule has 0 atom stereocenters. The largest absolute Gasteiger partial charge is 0.366 e. The van der Waals surface area contributed by atoms with Gasteiger partial charge in [-0.15, -0.1) is 0 Å². The second kappa shape index (κ2) is 5.83. The molecule has 104 valence electrons. The first-order valence-electron chi connectivity index (χ1n) is 5.68. The van der Waals surface area contributed by atoms with Crippen molar-refractivity contribution >= 4 is 17.6 Å². The number of nitrogens with zero attached hydrogens (tertiary/aromatic N) is 1. The highest BCUT2D eigenvalue weighted by Gasteiger charge is 2.10. The molecule has 0 radical (unpaired) electrons. The molecular weight excluding hydrogens is 265 g/mol. The Hall–Kier alpha value is -2.90. The molecule has 0 fully saturated rings. The molecule has 1 heterocycles. The fourth-order valence-corrected chi connectivity index (χ4v) is 1.53. The molecule has 1 aromatic heterocycles. The van der Waals surface area contributed by atoms with Gasteiger partial charge in [-0.2, -0.15) is 5.10 Å². The van der Waals surface area contributed by atoms with Gasteiger partial charge in [-0.1, -0.05) is 0 Å². The summed E-state index contributed by atoms with van der Waals surface area (Å²) in [5, 5.41) is 11.5. The van der Waals surface area contributed by atoms with Gasteiger partial charge in [-0.25, -0.2) is 9.18 Å². The van der Waals surface area contributed by atoms with Crippen molar-refractivity contribution in [3.05, 3.63) is 47.5 Å². The van der Waals surface area contributed by atoms with Crippen LogP contribution in [0.2, 0.25) is 0 Å². The van der Waals surface area contributed by atoms with Gasteiger partial charge >= 0.3 is 6.03 Å². The molecular formula is C12H12FN5O2. The zero-order valence-corrected chi connectivity index (χ0v) is 10.3. The molecule has 3 amide bonds. The molecule has 8 heteroatoms. The number of nitrogens with two attached hydrogens (primary N) is 1. The fraction of sp³-hybridized carbons (Fsp3) is 0.0833. The third kappa shape index (κ3) is 3.31. The van der Waals surface area contributed by atoms with Gasteiger partial charge in [0.05, 0.1) is 17.8 Å². The van der Waals surface area contributed by atoms with Crippen LogP contribution in [0.15, 0.2) is 30.5 Å². The van der Waals surface area contributed by atoms with Gasteiger partial charge < -0.3 is 16.4 Å². The van der Waals surface area contributed by atoms with Crippen LogP contribution in [-0.2, 0) is 6.54 Å². The van der Waals surface area contributed by atoms with Crippen molar-refractivity contribution in [1.29, 1.82) is 0 Å². The van der Waals surface area contributed by atoms with Crippen molar-refractivity contribution in [2.75, 3.05) is 5.32 Å². The lowest BCUT2D eigenvalue weighted by Crippen LogP contribution is -2.28. The van der Waals surface area contributed by atoms with E-state index in [9.17, 15) is 14.0 Å². The van der Waals surface area contributed by atoms with Gasteiger partial charge in [0.15, 0.2) is 0 Å². The number of benzene rings is 1. The predicted octanol–water partition coefficient (Wildman–Crippen LogP) is 0.969. The van der Waals surface area contributed by atoms with Crippen LogP contribution in [0.5, 0.6) is 0 Å². The Balaban J connectivity index is 1.97. The highest BCUT2D eigenvalue weighted by molar-refractivity contribution is 5.96. The van der Waals surface area contributed by atoms with Crippen LogP contribution in [0.1, 0.15) is 16.1 Å². The second-order valence-electron chi connectivity index (χ2n) is 3.95. The van der Waals surface area contributed by atoms with Gasteiger partial charge in [0, 0.05) is 11.9 Å². The lowest BCUT2D eigenvalue weighted by Gasteiger charge is -2.08. The number of amides is 3. The first-order valence-corrected chi connectivity index (χ1v) is 5.68. The van der Waals surface area contributed by atoms with Crippen molar-refractivity contribution in [1.82, 2.24) is 15.5 Å². The molecule has 0 aliphatic rings. The van der Waals surface area contributed by atoms with Crippen LogP contribution < -0.4 is 16.4 Å². The summed E-state index contributed by atoms with van der Waals surface area (Å²) in [5.74, 6) is -1.63. The van der Waals surface area contributed by atoms with Gasteiger partial charge in [-0.3, -0.25) is 9.89 Å². The molecule has 0 saturated carbocycles. The fourth-order valence-electron chi connectivity index (χ4n) is 1.53. The number of nitrogens with one attached hydrogen (secondary N) is 3. The summed E-state index contributed by atoms with van der Waals surface area (Å²) >= 11 is 0. The lowest BCUT2D eigenvalue weighted by atomic mass is 10.2. The lowest BCUT2D eigenvalue weighted by molar-refractivity contribution is 0.0996. The van der Waals surface area contributed by atoms with Gasteiger partial charge in [0.1, 0.15) is 5.82 Å². The average Bonchev–Trinajstić information content (AvgIpc) is 2.91. The van der Waals surface area contributed by atoms with E-state index < -0.39 is 17.8 Å². The Kier molecular flexibility index (Phi) is 3.94. The van der Waals surface area contributed by atoms with Crippen LogP contribution in [0.4, 0.5) is 14.9 Å². The van der Waals surface area contributed by atoms with E-state index in [4.69, 9.17) is 5.73 Å². The highest BCUT2D eigenvalue weighted by atomic mass is 19.1. The third-order valence-corrected chi connectivity index (χ3v) is 2.49. The number of aromatic nitrogens is 2. The van der Waals surface area contributed by atoms with Crippen molar-refractivity contribution < 1.29 is 14.0 Å². The number of H-pyrrole nitrogens is 1. The quantitative estimate of drug-likeness (QED) is 0.667. The van der Waals surface area contributed by atoms with Crippen molar-refractivity contribution in [2.45, 2.75) is 6.54 Å². The van der Waals surface area contributed by atoms with Gasteiger partial charge in [0.25, 0.3) is 5.91 Å². The van der Waals surface area contributed by atoms with E-state index >= 15 is 0 Å². The number of rotatable bonds is 4. The van der Waals surface area contributed by atoms with Crippen LogP contribution >= 0.6 is 0 Å². The van der Waals surface area contributed by atoms with E-state index in [1.165, 1.54) is 12.1 Å². The summed E-state index contributed by atoms with van der Waals surface area (Å²) in [6.07, 6.45) is 1.56. The molecule has 1 aromatic carbocycles. The van der Waals surface area contributed by atoms with E-state index in [0.29, 0.717) is 0 Å². The number of primary amides is 1. The first-order chi connectivity index (χ1) is 9.56. The summed E-state index contributed by atoms with van der Waals surface area (Å²) in [6, 6.07) is 4.78. The van der Waals surface area contributed by atoms with Crippen LogP contribution in [0, 0.1) is 5.82 Å². The number of urea groups is 1. The molecule has 0 saturated heterocycles. The minimum Gasteiger partial charge on any atom is -0.366 e. The Morgan fingerprint density at radius 2 is 2.15 bits per heavy atom. The molecule has 0 unspecified atom stereocenters. The van der Waals surface area contributed by atoms with E-state index in [-0.39, 0.29) is 17.8 Å². The average molecular weight is 277 g/mol. The van der Waals surface area contributed by atoms with Crippen molar-refractivity contribution in [3.63, 3.8) is 0 Å². The minimum atomic E-state index is -0.899. The van der Waals surface area contributed by atoms with Crippen molar-refractivity contribution in [3.8, 4) is 0 Å². The standard InChI is InChI=1S/C12H12FN5O2/c13-10-2-1-7(5-9(10)11(14)19)17-12(20)15-6-8-3-4-16-18-8/h1-5H,6H2,(H2,14,19)(H,16,18)(H2,15,17,20). The normalized spacial score (nSPS) is 10.1. The van der Waals surface area contributed by atoms with Crippen molar-refractivity contribution in [2.24, 2.45) is 5.73 Å². The third-order valence-electron chi connectivity index (χ3n) is 2.49. The maximum atomic E-state index is 13.3. The second-order valence-corrected chi connectivity index (χ2v) is 3.95. The van der Waals surface area contributed by atoms with E-state index in [1.807, 2.05) is 0 Å². The van der Waals surface area contributed by atoms with E-state index in [2.05, 4.69) is 20.8 Å². The highest BCUT2D eigenvalue weighted by Crippen LogP contribution is 2.14. The number of carbonyl (C=O) groups is 2. The maximum absolute atomic E-state index is 13.3. The van der Waals surface area contributed by atoms with Gasteiger partial charge in [0.2, 0.25) is 0 Å². The zero-order valence-electron chi connectivity index (χ0n) is 10.3. The maximum Gasteiger partial charge on any atom is 0.319 e. The monoisotopic (exact) mass is 277 g/mol. The number of hydrogen-bond donors (Lipinski definition) is 4. The molecule has 0 spiro atoms. The Morgan fingerprint density at radius 1 is 1.35 bits per heavy atom. The van der Waals surface area contributed by atoms with E-state index in [0.717, 1.165) is 11.8 Å². The number of halogens is 1. The Bertz CT molecular complexity index is 627. The molecule has 5 N–H and O–H groups in total. The zero-order chi connectivity index (χ0) is 14.5. The smallest absolute Gasteiger partial charge is 0.319 e. The number of hydrogen-bond acceptors (Lipinski definition) is 3. The predicted molar refractivity (Wildman–Crippen MR) is 69.4 cm³/mol. The van der Waals surface area contributed by atoms with E-state index in [1.54, 1.807) is 12.3 Å². The number of anilines is 1. The number of aromatic amines is 1. The van der Waals surface area contributed by atoms with Crippen LogP contribution in [-0.4, -0.2) is 22.1 Å². The Labute approximate surface area is 113 Å². The summed E-state index contributed by atoms with van der Waals surface area (Å²) < 4.78 is 13.3. The SMILES string of the molecule is NC(=O)c1cc(NC(=O)NCc2ccn[nH]2)ccc1F. The summed E-state index contributed by atoms with van der Waals surface area (Å²) in [4.78, 5) is 22.6. The first kappa shape index (κ1) is 13.5. The summed E-state index contributed by atoms with van der Waals surface area (Å²) in [6.45, 7) is 0.260. The molecule has 7 nitrogen and oxygen atoms in total. The molecule has 0 aliphatic heterocycles. The molecule has 2 aromatic rings. The van der Waals surface area contributed by atoms with Crippen LogP contribution in [0.3, 0.4) is 0 Å². The molecule has 0 aliphatic carbocycles. The molecule has 2 rings (SSSR count). The summed E-state index contributed by atoms with van der Waals surface area (Å²) in [5.41, 5.74) is 5.74.